The molecule has 0 fully saturated rings. The summed E-state index contributed by atoms with van der Waals surface area (Å²) in [5, 5.41) is 11.8. The van der Waals surface area contributed by atoms with Gasteiger partial charge in [-0.1, -0.05) is 54.1 Å². The standard InChI is InChI=1S/C22H21NO5/c1-15-6-5-9-17(12-15)19-10-11-20(28-19)21(24)23-18(22(25)26)14-27-13-16-7-3-2-4-8-16/h2-12,18H,13-14H2,1H3,(H,23,24)(H,25,26). The lowest BCUT2D eigenvalue weighted by atomic mass is 10.1. The SMILES string of the molecule is Cc1cccc(-c2ccc(C(=O)NC(COCc3ccccc3)C(=O)O)o2)c1. The Balaban J connectivity index is 1.60. The van der Waals surface area contributed by atoms with E-state index in [0.717, 1.165) is 16.7 Å². The second-order valence-electron chi connectivity index (χ2n) is 6.40. The summed E-state index contributed by atoms with van der Waals surface area (Å²) in [6, 6.07) is 19.1. The van der Waals surface area contributed by atoms with E-state index in [1.165, 1.54) is 6.07 Å². The number of carboxylic acid groups (broad SMARTS) is 1. The largest absolute Gasteiger partial charge is 0.480 e. The minimum Gasteiger partial charge on any atom is -0.480 e. The van der Waals surface area contributed by atoms with Crippen molar-refractivity contribution in [2.24, 2.45) is 0 Å². The molecule has 3 aromatic rings. The third-order valence-electron chi connectivity index (χ3n) is 4.13. The summed E-state index contributed by atoms with van der Waals surface area (Å²) < 4.78 is 11.0. The quantitative estimate of drug-likeness (QED) is 0.624. The van der Waals surface area contributed by atoms with Crippen molar-refractivity contribution in [3.8, 4) is 11.3 Å². The molecule has 6 nitrogen and oxygen atoms in total. The molecule has 0 aliphatic rings. The van der Waals surface area contributed by atoms with Crippen LogP contribution < -0.4 is 5.32 Å². The molecule has 0 saturated heterocycles. The van der Waals surface area contributed by atoms with Gasteiger partial charge in [0.2, 0.25) is 0 Å². The van der Waals surface area contributed by atoms with Gasteiger partial charge < -0.3 is 19.6 Å². The summed E-state index contributed by atoms with van der Waals surface area (Å²) >= 11 is 0. The van der Waals surface area contributed by atoms with Gasteiger partial charge in [-0.3, -0.25) is 4.79 Å². The highest BCUT2D eigenvalue weighted by molar-refractivity contribution is 5.94. The predicted octanol–water partition coefficient (Wildman–Crippen LogP) is 3.65. The van der Waals surface area contributed by atoms with E-state index in [1.807, 2.05) is 61.5 Å². The van der Waals surface area contributed by atoms with Crippen molar-refractivity contribution >= 4 is 11.9 Å². The number of benzene rings is 2. The molecule has 0 radical (unpaired) electrons. The number of hydrogen-bond donors (Lipinski definition) is 2. The van der Waals surface area contributed by atoms with E-state index in [2.05, 4.69) is 5.32 Å². The first-order chi connectivity index (χ1) is 13.5. The fraction of sp³-hybridized carbons (Fsp3) is 0.182. The van der Waals surface area contributed by atoms with Crippen LogP contribution in [-0.2, 0) is 16.1 Å². The van der Waals surface area contributed by atoms with E-state index in [4.69, 9.17) is 9.15 Å². The molecule has 0 aliphatic carbocycles. The first kappa shape index (κ1) is 19.4. The third kappa shape index (κ3) is 5.08. The lowest BCUT2D eigenvalue weighted by molar-refractivity contribution is -0.141. The number of carbonyl (C=O) groups excluding carboxylic acids is 1. The molecule has 3 rings (SSSR count). The fourth-order valence-electron chi connectivity index (χ4n) is 2.69. The Morgan fingerprint density at radius 2 is 1.86 bits per heavy atom. The molecule has 0 spiro atoms. The van der Waals surface area contributed by atoms with E-state index in [0.29, 0.717) is 5.76 Å². The average Bonchev–Trinajstić information content (AvgIpc) is 3.18. The van der Waals surface area contributed by atoms with E-state index in [9.17, 15) is 14.7 Å². The van der Waals surface area contributed by atoms with Crippen molar-refractivity contribution in [1.82, 2.24) is 5.32 Å². The molecule has 1 atom stereocenters. The Kier molecular flexibility index (Phi) is 6.24. The van der Waals surface area contributed by atoms with Gasteiger partial charge in [-0.15, -0.1) is 0 Å². The van der Waals surface area contributed by atoms with Crippen LogP contribution in [0, 0.1) is 6.92 Å². The van der Waals surface area contributed by atoms with Crippen molar-refractivity contribution in [3.63, 3.8) is 0 Å². The van der Waals surface area contributed by atoms with Gasteiger partial charge in [0.05, 0.1) is 13.2 Å². The van der Waals surface area contributed by atoms with Crippen LogP contribution in [0.1, 0.15) is 21.7 Å². The van der Waals surface area contributed by atoms with Gasteiger partial charge >= 0.3 is 5.97 Å². The zero-order chi connectivity index (χ0) is 19.9. The second-order valence-corrected chi connectivity index (χ2v) is 6.40. The molecule has 0 saturated carbocycles. The Hall–Kier alpha value is -3.38. The summed E-state index contributed by atoms with van der Waals surface area (Å²) in [6.45, 7) is 2.08. The summed E-state index contributed by atoms with van der Waals surface area (Å²) in [7, 11) is 0. The van der Waals surface area contributed by atoms with Crippen LogP contribution >= 0.6 is 0 Å². The van der Waals surface area contributed by atoms with Gasteiger partial charge in [0, 0.05) is 5.56 Å². The Bertz CT molecular complexity index is 948. The zero-order valence-corrected chi connectivity index (χ0v) is 15.4. The lowest BCUT2D eigenvalue weighted by Crippen LogP contribution is -2.43. The molecule has 0 aliphatic heterocycles. The van der Waals surface area contributed by atoms with Crippen LogP contribution in [0.2, 0.25) is 0 Å². The van der Waals surface area contributed by atoms with Crippen molar-refractivity contribution in [2.75, 3.05) is 6.61 Å². The van der Waals surface area contributed by atoms with E-state index in [1.54, 1.807) is 6.07 Å². The average molecular weight is 379 g/mol. The Labute approximate surface area is 162 Å². The van der Waals surface area contributed by atoms with E-state index >= 15 is 0 Å². The van der Waals surface area contributed by atoms with Gasteiger partial charge in [0.15, 0.2) is 11.8 Å². The van der Waals surface area contributed by atoms with Crippen molar-refractivity contribution < 1.29 is 23.8 Å². The Morgan fingerprint density at radius 1 is 1.07 bits per heavy atom. The lowest BCUT2D eigenvalue weighted by Gasteiger charge is -2.14. The zero-order valence-electron chi connectivity index (χ0n) is 15.4. The molecule has 2 N–H and O–H groups in total. The molecule has 1 heterocycles. The van der Waals surface area contributed by atoms with Gasteiger partial charge in [-0.05, 0) is 30.7 Å². The monoisotopic (exact) mass is 379 g/mol. The number of carboxylic acids is 1. The third-order valence-corrected chi connectivity index (χ3v) is 4.13. The van der Waals surface area contributed by atoms with Gasteiger partial charge in [-0.25, -0.2) is 4.79 Å². The summed E-state index contributed by atoms with van der Waals surface area (Å²) in [5.41, 5.74) is 2.84. The number of amides is 1. The summed E-state index contributed by atoms with van der Waals surface area (Å²) in [5.74, 6) is -1.19. The second kappa shape index (κ2) is 9.01. The molecule has 1 amide bonds. The maximum absolute atomic E-state index is 12.4. The van der Waals surface area contributed by atoms with Gasteiger partial charge in [0.1, 0.15) is 5.76 Å². The summed E-state index contributed by atoms with van der Waals surface area (Å²) in [4.78, 5) is 23.8. The predicted molar refractivity (Wildman–Crippen MR) is 104 cm³/mol. The number of aliphatic carboxylic acids is 1. The number of rotatable bonds is 8. The molecule has 1 aromatic heterocycles. The van der Waals surface area contributed by atoms with Crippen molar-refractivity contribution in [2.45, 2.75) is 19.6 Å². The normalized spacial score (nSPS) is 11.8. The first-order valence-corrected chi connectivity index (χ1v) is 8.85. The number of hydrogen-bond acceptors (Lipinski definition) is 4. The molecule has 6 heteroatoms. The van der Waals surface area contributed by atoms with Crippen LogP contribution in [0.25, 0.3) is 11.3 Å². The fourth-order valence-corrected chi connectivity index (χ4v) is 2.69. The van der Waals surface area contributed by atoms with Gasteiger partial charge in [-0.2, -0.15) is 0 Å². The maximum atomic E-state index is 12.4. The number of nitrogens with one attached hydrogen (secondary N) is 1. The molecular formula is C22H21NO5. The van der Waals surface area contributed by atoms with Crippen LogP contribution in [0.5, 0.6) is 0 Å². The maximum Gasteiger partial charge on any atom is 0.328 e. The van der Waals surface area contributed by atoms with Crippen LogP contribution in [-0.4, -0.2) is 29.6 Å². The highest BCUT2D eigenvalue weighted by atomic mass is 16.5. The van der Waals surface area contributed by atoms with Crippen LogP contribution in [0.15, 0.2) is 71.1 Å². The summed E-state index contributed by atoms with van der Waals surface area (Å²) in [6.07, 6.45) is 0. The van der Waals surface area contributed by atoms with Crippen molar-refractivity contribution in [1.29, 1.82) is 0 Å². The minimum atomic E-state index is -1.18. The van der Waals surface area contributed by atoms with Crippen LogP contribution in [0.3, 0.4) is 0 Å². The van der Waals surface area contributed by atoms with Gasteiger partial charge in [0.25, 0.3) is 5.91 Å². The number of furan rings is 1. The minimum absolute atomic E-state index is 0.0471. The van der Waals surface area contributed by atoms with Crippen LogP contribution in [0.4, 0.5) is 0 Å². The molecule has 2 aromatic carbocycles. The molecule has 144 valence electrons. The number of ether oxygens (including phenoxy) is 1. The van der Waals surface area contributed by atoms with Crippen molar-refractivity contribution in [3.05, 3.63) is 83.6 Å². The van der Waals surface area contributed by atoms with E-state index < -0.39 is 17.9 Å². The molecule has 1 unspecified atom stereocenters. The van der Waals surface area contributed by atoms with E-state index in [-0.39, 0.29) is 19.0 Å². The highest BCUT2D eigenvalue weighted by Crippen LogP contribution is 2.23. The first-order valence-electron chi connectivity index (χ1n) is 8.85. The molecule has 28 heavy (non-hydrogen) atoms. The smallest absolute Gasteiger partial charge is 0.328 e. The highest BCUT2D eigenvalue weighted by Gasteiger charge is 2.23. The molecular weight excluding hydrogens is 358 g/mol. The number of aryl methyl sites for hydroxylation is 1. The number of carbonyl (C=O) groups is 2. The molecule has 0 bridgehead atoms. The topological polar surface area (TPSA) is 88.8 Å². The Morgan fingerprint density at radius 3 is 2.57 bits per heavy atom.